The molecule has 0 aliphatic rings. The van der Waals surface area contributed by atoms with E-state index in [1.807, 2.05) is 25.1 Å². The highest BCUT2D eigenvalue weighted by Gasteiger charge is 2.12. The van der Waals surface area contributed by atoms with E-state index < -0.39 is 10.0 Å². The van der Waals surface area contributed by atoms with Gasteiger partial charge < -0.3 is 5.32 Å². The van der Waals surface area contributed by atoms with Crippen LogP contribution >= 0.6 is 11.6 Å². The Balaban J connectivity index is 2.25. The van der Waals surface area contributed by atoms with Gasteiger partial charge in [-0.05, 0) is 42.8 Å². The predicted octanol–water partition coefficient (Wildman–Crippen LogP) is 3.27. The van der Waals surface area contributed by atoms with Crippen LogP contribution in [-0.2, 0) is 10.0 Å². The minimum atomic E-state index is -3.47. The molecule has 0 saturated heterocycles. The molecular formula is C15H15ClN2O3S. The summed E-state index contributed by atoms with van der Waals surface area (Å²) >= 11 is 5.93. The van der Waals surface area contributed by atoms with Gasteiger partial charge in [-0.2, -0.15) is 0 Å². The van der Waals surface area contributed by atoms with Crippen molar-refractivity contribution in [2.75, 3.05) is 16.3 Å². The van der Waals surface area contributed by atoms with Crippen LogP contribution < -0.4 is 10.0 Å². The van der Waals surface area contributed by atoms with Crippen LogP contribution in [0.5, 0.6) is 0 Å². The molecule has 2 rings (SSSR count). The predicted molar refractivity (Wildman–Crippen MR) is 89.1 cm³/mol. The van der Waals surface area contributed by atoms with E-state index in [0.717, 1.165) is 11.8 Å². The fourth-order valence-electron chi connectivity index (χ4n) is 1.87. The highest BCUT2D eigenvalue weighted by atomic mass is 35.5. The summed E-state index contributed by atoms with van der Waals surface area (Å²) in [7, 11) is -3.47. The number of benzene rings is 2. The average Bonchev–Trinajstić information content (AvgIpc) is 2.39. The van der Waals surface area contributed by atoms with Gasteiger partial charge in [-0.15, -0.1) is 0 Å². The molecule has 0 unspecified atom stereocenters. The first kappa shape index (κ1) is 16.3. The van der Waals surface area contributed by atoms with Crippen LogP contribution in [0, 0.1) is 6.92 Å². The second-order valence-electron chi connectivity index (χ2n) is 4.89. The topological polar surface area (TPSA) is 75.3 Å². The number of sulfonamides is 1. The van der Waals surface area contributed by atoms with Gasteiger partial charge in [-0.3, -0.25) is 9.52 Å². The number of carbonyl (C=O) groups excluding carboxylic acids is 1. The summed E-state index contributed by atoms with van der Waals surface area (Å²) in [6.45, 7) is 1.92. The van der Waals surface area contributed by atoms with E-state index in [2.05, 4.69) is 10.0 Å². The van der Waals surface area contributed by atoms with E-state index in [1.165, 1.54) is 18.2 Å². The zero-order chi connectivity index (χ0) is 16.3. The summed E-state index contributed by atoms with van der Waals surface area (Å²) in [6, 6.07) is 11.8. The highest BCUT2D eigenvalue weighted by Crippen LogP contribution is 2.24. The Morgan fingerprint density at radius 1 is 1.14 bits per heavy atom. The first-order valence-electron chi connectivity index (χ1n) is 6.40. The molecule has 2 aromatic rings. The summed E-state index contributed by atoms with van der Waals surface area (Å²) < 4.78 is 24.9. The smallest absolute Gasteiger partial charge is 0.255 e. The first-order chi connectivity index (χ1) is 10.2. The van der Waals surface area contributed by atoms with Gasteiger partial charge in [0.2, 0.25) is 10.0 Å². The lowest BCUT2D eigenvalue weighted by Crippen LogP contribution is -2.14. The molecule has 22 heavy (non-hydrogen) atoms. The Bertz CT molecular complexity index is 819. The normalized spacial score (nSPS) is 11.0. The standard InChI is InChI=1S/C15H15ClN2O3S/c1-10-4-3-5-12(8-10)17-15(19)11-6-7-13(16)14(9-11)18-22(2,20)21/h3-9,18H,1-2H3,(H,17,19). The molecular weight excluding hydrogens is 324 g/mol. The van der Waals surface area contributed by atoms with Crippen LogP contribution in [0.3, 0.4) is 0 Å². The fourth-order valence-corrected chi connectivity index (χ4v) is 2.66. The monoisotopic (exact) mass is 338 g/mol. The van der Waals surface area contributed by atoms with Gasteiger partial charge in [0.25, 0.3) is 5.91 Å². The van der Waals surface area contributed by atoms with E-state index >= 15 is 0 Å². The summed E-state index contributed by atoms with van der Waals surface area (Å²) in [5.74, 6) is -0.348. The maximum Gasteiger partial charge on any atom is 0.255 e. The van der Waals surface area contributed by atoms with Gasteiger partial charge >= 0.3 is 0 Å². The Hall–Kier alpha value is -2.05. The van der Waals surface area contributed by atoms with Crippen molar-refractivity contribution in [1.29, 1.82) is 0 Å². The molecule has 0 bridgehead atoms. The van der Waals surface area contributed by atoms with Crippen LogP contribution in [0.25, 0.3) is 0 Å². The van der Waals surface area contributed by atoms with Gasteiger partial charge in [0, 0.05) is 11.3 Å². The van der Waals surface area contributed by atoms with Gasteiger partial charge in [-0.1, -0.05) is 23.7 Å². The summed E-state index contributed by atoms with van der Waals surface area (Å²) in [6.07, 6.45) is 1.02. The number of hydrogen-bond donors (Lipinski definition) is 2. The number of rotatable bonds is 4. The molecule has 0 fully saturated rings. The molecule has 0 saturated carbocycles. The second kappa shape index (κ2) is 6.37. The minimum Gasteiger partial charge on any atom is -0.322 e. The van der Waals surface area contributed by atoms with E-state index in [4.69, 9.17) is 11.6 Å². The maximum atomic E-state index is 12.2. The summed E-state index contributed by atoms with van der Waals surface area (Å²) in [4.78, 5) is 12.2. The summed E-state index contributed by atoms with van der Waals surface area (Å²) in [5, 5.41) is 2.97. The van der Waals surface area contributed by atoms with Crippen molar-refractivity contribution in [3.8, 4) is 0 Å². The highest BCUT2D eigenvalue weighted by molar-refractivity contribution is 7.92. The second-order valence-corrected chi connectivity index (χ2v) is 7.05. The first-order valence-corrected chi connectivity index (χ1v) is 8.67. The van der Waals surface area contributed by atoms with E-state index in [-0.39, 0.29) is 16.6 Å². The Labute approximate surface area is 134 Å². The van der Waals surface area contributed by atoms with Crippen LogP contribution in [0.4, 0.5) is 11.4 Å². The molecule has 2 N–H and O–H groups in total. The molecule has 0 spiro atoms. The van der Waals surface area contributed by atoms with Crippen molar-refractivity contribution in [3.63, 3.8) is 0 Å². The van der Waals surface area contributed by atoms with Crippen LogP contribution in [0.15, 0.2) is 42.5 Å². The third-order valence-electron chi connectivity index (χ3n) is 2.80. The molecule has 2 aromatic carbocycles. The Morgan fingerprint density at radius 3 is 2.50 bits per heavy atom. The fraction of sp³-hybridized carbons (Fsp3) is 0.133. The van der Waals surface area contributed by atoms with Crippen LogP contribution in [-0.4, -0.2) is 20.6 Å². The van der Waals surface area contributed by atoms with Gasteiger partial charge in [0.05, 0.1) is 17.0 Å². The quantitative estimate of drug-likeness (QED) is 0.898. The molecule has 0 atom stereocenters. The lowest BCUT2D eigenvalue weighted by molar-refractivity contribution is 0.102. The summed E-state index contributed by atoms with van der Waals surface area (Å²) in [5.41, 5.74) is 2.16. The lowest BCUT2D eigenvalue weighted by atomic mass is 10.1. The molecule has 0 heterocycles. The average molecular weight is 339 g/mol. The van der Waals surface area contributed by atoms with Gasteiger partial charge in [0.1, 0.15) is 0 Å². The molecule has 0 aromatic heterocycles. The van der Waals surface area contributed by atoms with Crippen molar-refractivity contribution >= 4 is 38.9 Å². The van der Waals surface area contributed by atoms with Crippen molar-refractivity contribution in [2.45, 2.75) is 6.92 Å². The zero-order valence-electron chi connectivity index (χ0n) is 12.1. The van der Waals surface area contributed by atoms with Crippen molar-refractivity contribution in [3.05, 3.63) is 58.6 Å². The Kier molecular flexibility index (Phi) is 4.73. The number of amides is 1. The third-order valence-corrected chi connectivity index (χ3v) is 3.72. The van der Waals surface area contributed by atoms with Gasteiger partial charge in [-0.25, -0.2) is 8.42 Å². The van der Waals surface area contributed by atoms with Crippen molar-refractivity contribution in [2.24, 2.45) is 0 Å². The lowest BCUT2D eigenvalue weighted by Gasteiger charge is -2.10. The van der Waals surface area contributed by atoms with E-state index in [0.29, 0.717) is 11.3 Å². The van der Waals surface area contributed by atoms with Gasteiger partial charge in [0.15, 0.2) is 0 Å². The largest absolute Gasteiger partial charge is 0.322 e. The minimum absolute atomic E-state index is 0.168. The zero-order valence-corrected chi connectivity index (χ0v) is 13.6. The number of aryl methyl sites for hydroxylation is 1. The number of halogens is 1. The van der Waals surface area contributed by atoms with E-state index in [1.54, 1.807) is 6.07 Å². The number of anilines is 2. The third kappa shape index (κ3) is 4.47. The number of carbonyl (C=O) groups is 1. The molecule has 5 nitrogen and oxygen atoms in total. The van der Waals surface area contributed by atoms with E-state index in [9.17, 15) is 13.2 Å². The van der Waals surface area contributed by atoms with Crippen molar-refractivity contribution < 1.29 is 13.2 Å². The SMILES string of the molecule is Cc1cccc(NC(=O)c2ccc(Cl)c(NS(C)(=O)=O)c2)c1. The Morgan fingerprint density at radius 2 is 1.86 bits per heavy atom. The molecule has 116 valence electrons. The van der Waals surface area contributed by atoms with Crippen LogP contribution in [0.2, 0.25) is 5.02 Å². The number of nitrogens with one attached hydrogen (secondary N) is 2. The van der Waals surface area contributed by atoms with Crippen molar-refractivity contribution in [1.82, 2.24) is 0 Å². The number of hydrogen-bond acceptors (Lipinski definition) is 3. The molecule has 0 aliphatic carbocycles. The van der Waals surface area contributed by atoms with Crippen LogP contribution in [0.1, 0.15) is 15.9 Å². The molecule has 0 aliphatic heterocycles. The maximum absolute atomic E-state index is 12.2. The molecule has 1 amide bonds. The molecule has 0 radical (unpaired) electrons. The molecule has 7 heteroatoms.